The lowest BCUT2D eigenvalue weighted by molar-refractivity contribution is -0.123. The summed E-state index contributed by atoms with van der Waals surface area (Å²) in [6.07, 6.45) is 3.80. The monoisotopic (exact) mass is 350 g/mol. The molecule has 0 spiro atoms. The number of allylic oxidation sites excluding steroid dienone is 1. The van der Waals surface area contributed by atoms with Gasteiger partial charge in [-0.05, 0) is 48.6 Å². The van der Waals surface area contributed by atoms with Gasteiger partial charge in [-0.15, -0.1) is 0 Å². The van der Waals surface area contributed by atoms with E-state index in [2.05, 4.69) is 30.4 Å². The van der Waals surface area contributed by atoms with Gasteiger partial charge in [-0.1, -0.05) is 62.4 Å². The van der Waals surface area contributed by atoms with E-state index in [0.29, 0.717) is 11.6 Å². The van der Waals surface area contributed by atoms with Gasteiger partial charge in [0.2, 0.25) is 0 Å². The molecule has 0 heterocycles. The third-order valence-corrected chi connectivity index (χ3v) is 3.82. The van der Waals surface area contributed by atoms with Gasteiger partial charge in [0.05, 0.1) is 5.71 Å². The minimum absolute atomic E-state index is 0.0671. The van der Waals surface area contributed by atoms with Crippen molar-refractivity contribution >= 4 is 17.7 Å². The van der Waals surface area contributed by atoms with E-state index in [1.54, 1.807) is 0 Å². The van der Waals surface area contributed by atoms with Gasteiger partial charge in [0.25, 0.3) is 5.91 Å². The number of rotatable bonds is 7. The normalized spacial score (nSPS) is 11.8. The van der Waals surface area contributed by atoms with Gasteiger partial charge in [-0.3, -0.25) is 4.79 Å². The molecule has 26 heavy (non-hydrogen) atoms. The number of carbonyl (C=O) groups excluding carboxylic acids is 1. The molecular formula is C22H26N2O2. The molecule has 4 heteroatoms. The molecule has 2 aromatic rings. The Morgan fingerprint density at radius 2 is 1.92 bits per heavy atom. The molecule has 0 saturated carbocycles. The lowest BCUT2D eigenvalue weighted by atomic mass is 10.0. The van der Waals surface area contributed by atoms with Gasteiger partial charge in [0.15, 0.2) is 6.61 Å². The van der Waals surface area contributed by atoms with Crippen LogP contribution in [0.5, 0.6) is 5.75 Å². The first-order chi connectivity index (χ1) is 12.5. The van der Waals surface area contributed by atoms with Crippen molar-refractivity contribution in [1.29, 1.82) is 0 Å². The first kappa shape index (κ1) is 19.4. The summed E-state index contributed by atoms with van der Waals surface area (Å²) in [6.45, 7) is 7.97. The van der Waals surface area contributed by atoms with Gasteiger partial charge in [-0.2, -0.15) is 5.10 Å². The molecule has 1 amide bonds. The topological polar surface area (TPSA) is 50.7 Å². The number of hydrogen-bond acceptors (Lipinski definition) is 3. The number of hydrazone groups is 1. The van der Waals surface area contributed by atoms with Crippen LogP contribution in [0.1, 0.15) is 43.4 Å². The Morgan fingerprint density at radius 1 is 1.19 bits per heavy atom. The van der Waals surface area contributed by atoms with Crippen LogP contribution in [0.4, 0.5) is 0 Å². The van der Waals surface area contributed by atoms with Crippen molar-refractivity contribution in [3.8, 4) is 5.75 Å². The van der Waals surface area contributed by atoms with E-state index >= 15 is 0 Å². The summed E-state index contributed by atoms with van der Waals surface area (Å²) in [7, 11) is 0. The second-order valence-electron chi connectivity index (χ2n) is 6.52. The molecule has 2 rings (SSSR count). The van der Waals surface area contributed by atoms with E-state index in [-0.39, 0.29) is 12.5 Å². The van der Waals surface area contributed by atoms with Crippen molar-refractivity contribution in [2.45, 2.75) is 33.6 Å². The average molecular weight is 350 g/mol. The maximum Gasteiger partial charge on any atom is 0.277 e. The van der Waals surface area contributed by atoms with E-state index < -0.39 is 0 Å². The van der Waals surface area contributed by atoms with E-state index in [1.165, 1.54) is 0 Å². The molecule has 1 N–H and O–H groups in total. The van der Waals surface area contributed by atoms with Crippen LogP contribution in [-0.4, -0.2) is 18.2 Å². The van der Waals surface area contributed by atoms with Gasteiger partial charge in [0, 0.05) is 0 Å². The van der Waals surface area contributed by atoms with Crippen LogP contribution in [0.25, 0.3) is 6.08 Å². The van der Waals surface area contributed by atoms with Crippen LogP contribution in [-0.2, 0) is 4.79 Å². The Hall–Kier alpha value is -2.88. The Bertz CT molecular complexity index is 793. The fourth-order valence-electron chi connectivity index (χ4n) is 2.39. The van der Waals surface area contributed by atoms with Gasteiger partial charge < -0.3 is 4.74 Å². The van der Waals surface area contributed by atoms with Crippen molar-refractivity contribution in [1.82, 2.24) is 5.43 Å². The molecule has 0 aliphatic carbocycles. The van der Waals surface area contributed by atoms with Crippen molar-refractivity contribution in [3.05, 3.63) is 71.3 Å². The van der Waals surface area contributed by atoms with Crippen LogP contribution >= 0.6 is 0 Å². The van der Waals surface area contributed by atoms with E-state index in [9.17, 15) is 4.79 Å². The number of nitrogens with one attached hydrogen (secondary N) is 1. The zero-order chi connectivity index (χ0) is 18.9. The maximum atomic E-state index is 12.0. The quantitative estimate of drug-likeness (QED) is 0.581. The predicted octanol–water partition coefficient (Wildman–Crippen LogP) is 4.70. The minimum atomic E-state index is -0.284. The highest BCUT2D eigenvalue weighted by Crippen LogP contribution is 2.27. The zero-order valence-corrected chi connectivity index (χ0v) is 15.8. The highest BCUT2D eigenvalue weighted by Gasteiger charge is 2.10. The molecule has 2 aromatic carbocycles. The molecule has 0 radical (unpaired) electrons. The summed E-state index contributed by atoms with van der Waals surface area (Å²) >= 11 is 0. The molecule has 4 nitrogen and oxygen atoms in total. The number of ether oxygens (including phenoxy) is 1. The molecule has 136 valence electrons. The summed E-state index contributed by atoms with van der Waals surface area (Å²) in [5, 5.41) is 4.08. The Kier molecular flexibility index (Phi) is 7.15. The number of aryl methyl sites for hydroxylation is 1. The molecule has 0 saturated heterocycles. The third kappa shape index (κ3) is 6.20. The molecule has 0 aromatic heterocycles. The maximum absolute atomic E-state index is 12.0. The number of benzene rings is 2. The molecule has 0 aliphatic heterocycles. The summed E-state index contributed by atoms with van der Waals surface area (Å²) in [6, 6.07) is 16.0. The first-order valence-corrected chi connectivity index (χ1v) is 8.75. The molecule has 0 unspecified atom stereocenters. The first-order valence-electron chi connectivity index (χ1n) is 8.75. The molecule has 0 aliphatic rings. The average Bonchev–Trinajstić information content (AvgIpc) is 2.63. The Balaban J connectivity index is 1.89. The summed E-state index contributed by atoms with van der Waals surface area (Å²) in [4.78, 5) is 12.0. The number of carbonyl (C=O) groups is 1. The molecular weight excluding hydrogens is 324 g/mol. The van der Waals surface area contributed by atoms with E-state index in [0.717, 1.165) is 22.4 Å². The lowest BCUT2D eigenvalue weighted by Gasteiger charge is -2.14. The summed E-state index contributed by atoms with van der Waals surface area (Å²) < 4.78 is 5.70. The van der Waals surface area contributed by atoms with Crippen LogP contribution in [0.3, 0.4) is 0 Å². The largest absolute Gasteiger partial charge is 0.483 e. The van der Waals surface area contributed by atoms with Gasteiger partial charge in [0.1, 0.15) is 5.75 Å². The smallest absolute Gasteiger partial charge is 0.277 e. The summed E-state index contributed by atoms with van der Waals surface area (Å²) in [5.74, 6) is 0.797. The SMILES string of the molecule is CC(/C=C/c1ccccc1)=N\NC(=O)COc1cc(C)ccc1C(C)C. The minimum Gasteiger partial charge on any atom is -0.483 e. The standard InChI is InChI=1S/C22H26N2O2/c1-16(2)20-13-10-17(3)14-21(20)26-15-22(25)24-23-18(4)11-12-19-8-6-5-7-9-19/h5-14,16H,15H2,1-4H3,(H,24,25)/b12-11+,23-18+. The van der Waals surface area contributed by atoms with Crippen LogP contribution in [0.15, 0.2) is 59.7 Å². The third-order valence-electron chi connectivity index (χ3n) is 3.82. The number of amides is 1. The van der Waals surface area contributed by atoms with Crippen LogP contribution < -0.4 is 10.2 Å². The highest BCUT2D eigenvalue weighted by atomic mass is 16.5. The second-order valence-corrected chi connectivity index (χ2v) is 6.52. The van der Waals surface area contributed by atoms with E-state index in [1.807, 2.05) is 68.5 Å². The van der Waals surface area contributed by atoms with Crippen molar-refractivity contribution in [2.24, 2.45) is 5.10 Å². The van der Waals surface area contributed by atoms with Crippen LogP contribution in [0, 0.1) is 6.92 Å². The predicted molar refractivity (Wildman–Crippen MR) is 107 cm³/mol. The van der Waals surface area contributed by atoms with E-state index in [4.69, 9.17) is 4.74 Å². The van der Waals surface area contributed by atoms with Crippen molar-refractivity contribution in [3.63, 3.8) is 0 Å². The van der Waals surface area contributed by atoms with Crippen molar-refractivity contribution in [2.75, 3.05) is 6.61 Å². The van der Waals surface area contributed by atoms with Gasteiger partial charge in [-0.25, -0.2) is 5.43 Å². The van der Waals surface area contributed by atoms with Gasteiger partial charge >= 0.3 is 0 Å². The molecule has 0 bridgehead atoms. The summed E-state index contributed by atoms with van der Waals surface area (Å²) in [5.41, 5.74) is 6.51. The molecule has 0 atom stereocenters. The van der Waals surface area contributed by atoms with Crippen LogP contribution in [0.2, 0.25) is 0 Å². The fourth-order valence-corrected chi connectivity index (χ4v) is 2.39. The van der Waals surface area contributed by atoms with Crippen molar-refractivity contribution < 1.29 is 9.53 Å². The fraction of sp³-hybridized carbons (Fsp3) is 0.273. The molecule has 0 fully saturated rings. The Labute approximate surface area is 155 Å². The Morgan fingerprint density at radius 3 is 2.62 bits per heavy atom. The lowest BCUT2D eigenvalue weighted by Crippen LogP contribution is -2.25. The number of nitrogens with zero attached hydrogens (tertiary/aromatic N) is 1. The zero-order valence-electron chi connectivity index (χ0n) is 15.8. The highest BCUT2D eigenvalue weighted by molar-refractivity contribution is 5.97. The number of hydrogen-bond donors (Lipinski definition) is 1. The second kappa shape index (κ2) is 9.56.